The summed E-state index contributed by atoms with van der Waals surface area (Å²) in [4.78, 5) is 87.7. The first kappa shape index (κ1) is 64.2. The Balaban J connectivity index is 0.706. The zero-order valence-corrected chi connectivity index (χ0v) is 52.9. The molecule has 84 heavy (non-hydrogen) atoms. The maximum Gasteiger partial charge on any atom is 0.274 e. The van der Waals surface area contributed by atoms with Gasteiger partial charge in [0, 0.05) is 57.6 Å². The molecule has 3 saturated heterocycles. The van der Waals surface area contributed by atoms with Gasteiger partial charge in [-0.2, -0.15) is 5.10 Å². The number of nitrogens with one attached hydrogen (secondary N) is 3. The van der Waals surface area contributed by atoms with Gasteiger partial charge in [-0.15, -0.1) is 0 Å². The van der Waals surface area contributed by atoms with Gasteiger partial charge in [-0.25, -0.2) is 9.48 Å². The summed E-state index contributed by atoms with van der Waals surface area (Å²) in [6.07, 6.45) is 0. The van der Waals surface area contributed by atoms with E-state index in [0.29, 0.717) is 160 Å². The number of carbonyl (C=O) groups is 6. The van der Waals surface area contributed by atoms with Crippen molar-refractivity contribution in [2.24, 2.45) is 0 Å². The number of benzene rings is 3. The summed E-state index contributed by atoms with van der Waals surface area (Å²) in [5.74, 6) is -1.18. The van der Waals surface area contributed by atoms with Crippen molar-refractivity contribution in [3.63, 3.8) is 0 Å². The minimum atomic E-state index is -4.21. The van der Waals surface area contributed by atoms with Gasteiger partial charge in [-0.1, -0.05) is 35.3 Å². The summed E-state index contributed by atoms with van der Waals surface area (Å²) in [7, 11) is 3.31. The molecule has 4 aromatic rings. The third-order valence-corrected chi connectivity index (χ3v) is 18.5. The van der Waals surface area contributed by atoms with Crippen LogP contribution in [-0.2, 0) is 53.3 Å². The molecule has 0 spiro atoms. The predicted octanol–water partition coefficient (Wildman–Crippen LogP) is 3.45. The van der Waals surface area contributed by atoms with E-state index in [2.05, 4.69) is 16.0 Å². The number of fused-ring (bicyclic) bond motifs is 10. The molecule has 1 aromatic heterocycles. The van der Waals surface area contributed by atoms with Gasteiger partial charge >= 0.3 is 197 Å². The van der Waals surface area contributed by atoms with Crippen LogP contribution >= 0.6 is 23.2 Å². The molecule has 4 amide bonds. The van der Waals surface area contributed by atoms with Crippen LogP contribution in [0, 0.1) is 0 Å². The van der Waals surface area contributed by atoms with E-state index in [1.54, 1.807) is 54.1 Å². The Hall–Kier alpha value is -5.78. The molecule has 3 N–H and O–H groups in total. The maximum absolute atomic E-state index is 14.0. The fraction of sp³-hybridized carbons (Fsp3) is 0.518. The Bertz CT molecular complexity index is 2910. The van der Waals surface area contributed by atoms with Gasteiger partial charge in [0.05, 0.1) is 64.7 Å². The van der Waals surface area contributed by atoms with Crippen LogP contribution < -0.4 is 25.4 Å². The van der Waals surface area contributed by atoms with Crippen LogP contribution in [-0.4, -0.2) is 257 Å². The number of hydrogen-bond acceptors (Lipinski definition) is 20. The van der Waals surface area contributed by atoms with Crippen LogP contribution in [0.5, 0.6) is 11.5 Å². The number of carbonyl (C=O) groups excluding carboxylic acids is 6. The molecule has 454 valence electrons. The second-order valence-electron chi connectivity index (χ2n) is 21.2. The molecule has 5 heterocycles. The van der Waals surface area contributed by atoms with Gasteiger partial charge in [0.15, 0.2) is 5.69 Å². The van der Waals surface area contributed by atoms with E-state index in [9.17, 15) is 28.8 Å². The molecule has 8 rings (SSSR count). The van der Waals surface area contributed by atoms with E-state index in [0.717, 1.165) is 5.56 Å². The molecular weight excluding hydrogens is 1240 g/mol. The van der Waals surface area contributed by atoms with E-state index in [-0.39, 0.29) is 63.4 Å². The second kappa shape index (κ2) is 31.0. The summed E-state index contributed by atoms with van der Waals surface area (Å²) in [6, 6.07) is 15.7. The minimum Gasteiger partial charge on any atom is -0.488 e. The van der Waals surface area contributed by atoms with Gasteiger partial charge < -0.3 is 44.0 Å². The molecule has 0 aliphatic carbocycles. The van der Waals surface area contributed by atoms with Crippen LogP contribution in [0.2, 0.25) is 10.0 Å². The number of rotatable bonds is 22. The summed E-state index contributed by atoms with van der Waals surface area (Å²) >= 11 is 8.76. The fourth-order valence-corrected chi connectivity index (χ4v) is 12.9. The molecule has 3 fully saturated rings. The average Bonchev–Trinajstić information content (AvgIpc) is 1.91. The van der Waals surface area contributed by atoms with Crippen molar-refractivity contribution in [3.8, 4) is 39.6 Å². The number of hydrogen-bond donors (Lipinski definition) is 3. The first-order valence-electron chi connectivity index (χ1n) is 27.8. The van der Waals surface area contributed by atoms with E-state index in [4.69, 9.17) is 65.3 Å². The van der Waals surface area contributed by atoms with Crippen molar-refractivity contribution in [1.82, 2.24) is 44.9 Å². The van der Waals surface area contributed by atoms with Gasteiger partial charge in [-0.3, -0.25) is 4.79 Å². The van der Waals surface area contributed by atoms with Crippen LogP contribution in [0.1, 0.15) is 36.8 Å². The van der Waals surface area contributed by atoms with E-state index in [1.807, 2.05) is 64.6 Å². The molecule has 25 nitrogen and oxygen atoms in total. The molecule has 3 aromatic carbocycles. The number of amides is 4. The predicted molar refractivity (Wildman–Crippen MR) is 310 cm³/mol. The summed E-state index contributed by atoms with van der Waals surface area (Å²) < 4.78 is 52.6. The van der Waals surface area contributed by atoms with Crippen LogP contribution in [0.4, 0.5) is 10.5 Å². The molecule has 0 radical (unpaired) electrons. The Morgan fingerprint density at radius 3 is 1.77 bits per heavy atom. The number of aromatic nitrogens is 2. The van der Waals surface area contributed by atoms with E-state index >= 15 is 0 Å². The van der Waals surface area contributed by atoms with Crippen molar-refractivity contribution >= 4 is 87.4 Å². The summed E-state index contributed by atoms with van der Waals surface area (Å²) in [5, 5.41) is 14.3. The molecule has 2 atom stereocenters. The molecule has 4 bridgehead atoms. The number of urea groups is 1. The Labute approximate surface area is 507 Å². The van der Waals surface area contributed by atoms with Crippen molar-refractivity contribution in [2.45, 2.75) is 32.9 Å². The third-order valence-electron chi connectivity index (χ3n) is 14.2. The minimum absolute atomic E-state index is 0.0108. The number of anilines is 1. The van der Waals surface area contributed by atoms with Crippen molar-refractivity contribution in [2.75, 3.05) is 164 Å². The zero-order valence-electron chi connectivity index (χ0n) is 48.0. The maximum atomic E-state index is 14.0. The summed E-state index contributed by atoms with van der Waals surface area (Å²) in [6.45, 7) is 13.0. The smallest absolute Gasteiger partial charge is 0.274 e. The Morgan fingerprint density at radius 1 is 0.690 bits per heavy atom. The van der Waals surface area contributed by atoms with E-state index in [1.165, 1.54) is 0 Å². The van der Waals surface area contributed by atoms with Crippen molar-refractivity contribution in [1.29, 1.82) is 0 Å². The largest absolute Gasteiger partial charge is 0.488 e. The standard InChI is InChI=1S/C56H76Cl2N10O15.In/c1-56(2,3)63(4)54(76)52-45-37-83-47-32-46(78-5)43(31-44(47)53(45)68(62-52)42-29-39(57)28-40(58)30-42)38-7-6-8-41(27-38)61-55(77)60-10-20-80-22-24-82-26-25-81-23-21-79-19-9-59-48(69)33-64-11-13-65(34-49(70)71)15-17-67(36-51(74)75)18-16-66(14-12-64)35-50(72)73;/h6-8,27-32H,9-26,33-37H2,1-5H3,(H,59,69)(H,70,71)(H,72,73)(H,74,75)(H2,60,61,77);/q;+3/p-3. The number of halogens is 2. The average molecular weight is 1310 g/mol. The first-order chi connectivity index (χ1) is 40.4. The van der Waals surface area contributed by atoms with Crippen LogP contribution in [0.3, 0.4) is 0 Å². The van der Waals surface area contributed by atoms with E-state index < -0.39 is 52.2 Å². The number of ether oxygens (including phenoxy) is 6. The van der Waals surface area contributed by atoms with Gasteiger partial charge in [0.2, 0.25) is 0 Å². The zero-order chi connectivity index (χ0) is 59.8. The molecule has 0 saturated carbocycles. The molecule has 28 heteroatoms. The van der Waals surface area contributed by atoms with Crippen molar-refractivity contribution in [3.05, 3.63) is 75.9 Å². The third kappa shape index (κ3) is 18.6. The molecule has 4 aliphatic rings. The van der Waals surface area contributed by atoms with Gasteiger partial charge in [0.1, 0.15) is 18.1 Å². The molecular formula is C56H73Cl2InN10O15. The number of nitrogens with zero attached hydrogens (tertiary/aromatic N) is 7. The Morgan fingerprint density at radius 2 is 1.23 bits per heavy atom. The van der Waals surface area contributed by atoms with Gasteiger partial charge in [-0.05, 0) is 62.7 Å². The topological polar surface area (TPSA) is 256 Å². The second-order valence-corrected chi connectivity index (χ2v) is 25.8. The molecule has 4 aliphatic heterocycles. The first-order valence-corrected chi connectivity index (χ1v) is 32.6. The Kier molecular flexibility index (Phi) is 23.7. The van der Waals surface area contributed by atoms with Crippen LogP contribution in [0.25, 0.3) is 28.1 Å². The monoisotopic (exact) mass is 1310 g/mol. The van der Waals surface area contributed by atoms with Crippen LogP contribution in [0.15, 0.2) is 54.6 Å². The molecule has 2 unspecified atom stereocenters. The summed E-state index contributed by atoms with van der Waals surface area (Å²) in [5.41, 5.74) is 4.20. The van der Waals surface area contributed by atoms with Crippen molar-refractivity contribution < 1.29 is 65.8 Å². The normalized spacial score (nSPS) is 18.5. The SMILES string of the molecule is COc1cc2c(cc1-c1cccc(NC(=O)NCCOCCOCCOCCOCCNC(=O)CN3CCN4CCN5CCN(CC3)CC(=O)[O][In]([O]C(=O)C4)[O]C(=O)C5)c1)-c1c(c(C(=O)N(C)C(C)(C)C)nn1-c1cc(Cl)cc(Cl)c1)CO2. The number of methoxy groups -OCH3 is 1. The quantitative estimate of drug-likeness (QED) is 0.0953. The fourth-order valence-electron chi connectivity index (χ4n) is 9.48. The van der Waals surface area contributed by atoms with Gasteiger partial charge in [0.25, 0.3) is 5.91 Å².